The Morgan fingerprint density at radius 1 is 1.14 bits per heavy atom. The zero-order chi connectivity index (χ0) is 26.0. The average molecular weight is 506 g/mol. The zero-order valence-corrected chi connectivity index (χ0v) is 20.7. The van der Waals surface area contributed by atoms with E-state index in [9.17, 15) is 19.7 Å². The normalized spacial score (nSPS) is 14.9. The van der Waals surface area contributed by atoms with Crippen LogP contribution in [0.2, 0.25) is 5.02 Å². The minimum absolute atomic E-state index is 0.0381. The summed E-state index contributed by atoms with van der Waals surface area (Å²) in [6, 6.07) is 15.9. The van der Waals surface area contributed by atoms with Crippen molar-refractivity contribution in [1.29, 1.82) is 0 Å². The standard InChI is InChI=1S/C27H24ClN3O5/c1-27(2)15-17-7-9-20(36-3)13-21(17)24(30-27)14-25(32)16-5-4-6-18(11-16)29-26(33)22-12-19(31(34)35)8-10-23(22)28/h4-14,30H,15H2,1-3H3,(H,29,33)/b24-14-. The van der Waals surface area contributed by atoms with Crippen LogP contribution in [0.1, 0.15) is 45.7 Å². The molecule has 4 rings (SSSR count). The Hall–Kier alpha value is -4.17. The molecule has 0 aliphatic carbocycles. The Labute approximate surface area is 213 Å². The molecule has 0 unspecified atom stereocenters. The van der Waals surface area contributed by atoms with Crippen molar-refractivity contribution >= 4 is 40.4 Å². The topological polar surface area (TPSA) is 111 Å². The first-order valence-electron chi connectivity index (χ1n) is 11.1. The van der Waals surface area contributed by atoms with E-state index in [1.807, 2.05) is 18.2 Å². The zero-order valence-electron chi connectivity index (χ0n) is 19.9. The van der Waals surface area contributed by atoms with Gasteiger partial charge in [0.15, 0.2) is 5.78 Å². The van der Waals surface area contributed by atoms with Crippen molar-refractivity contribution < 1.29 is 19.2 Å². The molecule has 1 aliphatic heterocycles. The maximum Gasteiger partial charge on any atom is 0.270 e. The first-order valence-corrected chi connectivity index (χ1v) is 11.5. The Kier molecular flexibility index (Phi) is 6.81. The van der Waals surface area contributed by atoms with E-state index < -0.39 is 10.8 Å². The number of halogens is 1. The van der Waals surface area contributed by atoms with Crippen molar-refractivity contribution in [2.45, 2.75) is 25.8 Å². The van der Waals surface area contributed by atoms with Crippen LogP contribution in [-0.4, -0.2) is 29.3 Å². The summed E-state index contributed by atoms with van der Waals surface area (Å²) in [6.07, 6.45) is 2.33. The number of fused-ring (bicyclic) bond motifs is 1. The van der Waals surface area contributed by atoms with E-state index in [-0.39, 0.29) is 27.6 Å². The molecular weight excluding hydrogens is 482 g/mol. The second kappa shape index (κ2) is 9.83. The van der Waals surface area contributed by atoms with Crippen molar-refractivity contribution in [3.63, 3.8) is 0 Å². The fraction of sp³-hybridized carbons (Fsp3) is 0.185. The smallest absolute Gasteiger partial charge is 0.270 e. The van der Waals surface area contributed by atoms with Gasteiger partial charge in [-0.2, -0.15) is 0 Å². The van der Waals surface area contributed by atoms with Gasteiger partial charge >= 0.3 is 0 Å². The number of amides is 1. The Morgan fingerprint density at radius 3 is 2.64 bits per heavy atom. The first-order chi connectivity index (χ1) is 17.1. The van der Waals surface area contributed by atoms with Crippen LogP contribution in [0.15, 0.2) is 66.7 Å². The molecule has 8 nitrogen and oxygen atoms in total. The number of nitro benzene ring substituents is 1. The molecule has 0 bridgehead atoms. The quantitative estimate of drug-likeness (QED) is 0.194. The number of carbonyl (C=O) groups excluding carboxylic acids is 2. The van der Waals surface area contributed by atoms with E-state index in [2.05, 4.69) is 24.5 Å². The van der Waals surface area contributed by atoms with E-state index in [4.69, 9.17) is 16.3 Å². The lowest BCUT2D eigenvalue weighted by molar-refractivity contribution is -0.384. The van der Waals surface area contributed by atoms with E-state index in [0.29, 0.717) is 22.7 Å². The summed E-state index contributed by atoms with van der Waals surface area (Å²) >= 11 is 6.08. The lowest BCUT2D eigenvalue weighted by atomic mass is 9.85. The number of allylic oxidation sites excluding steroid dienone is 1. The van der Waals surface area contributed by atoms with Crippen LogP contribution >= 0.6 is 11.6 Å². The number of hydrogen-bond acceptors (Lipinski definition) is 6. The van der Waals surface area contributed by atoms with Gasteiger partial charge in [-0.25, -0.2) is 0 Å². The third kappa shape index (κ3) is 5.39. The number of anilines is 1. The molecule has 0 saturated carbocycles. The maximum atomic E-state index is 13.2. The van der Waals surface area contributed by atoms with Crippen LogP contribution in [0.4, 0.5) is 11.4 Å². The van der Waals surface area contributed by atoms with Gasteiger partial charge in [-0.05, 0) is 56.2 Å². The third-order valence-electron chi connectivity index (χ3n) is 5.80. The number of non-ortho nitro benzene ring substituents is 1. The highest BCUT2D eigenvalue weighted by Gasteiger charge is 2.28. The van der Waals surface area contributed by atoms with E-state index in [1.165, 1.54) is 18.2 Å². The number of rotatable bonds is 6. The van der Waals surface area contributed by atoms with Gasteiger partial charge in [0, 0.05) is 46.3 Å². The highest BCUT2D eigenvalue weighted by Crippen LogP contribution is 2.32. The molecular formula is C27H24ClN3O5. The van der Waals surface area contributed by atoms with Gasteiger partial charge in [0.1, 0.15) is 5.75 Å². The maximum absolute atomic E-state index is 13.2. The summed E-state index contributed by atoms with van der Waals surface area (Å²) in [6.45, 7) is 4.13. The minimum Gasteiger partial charge on any atom is -0.497 e. The Morgan fingerprint density at radius 2 is 1.92 bits per heavy atom. The van der Waals surface area contributed by atoms with Crippen molar-refractivity contribution in [2.75, 3.05) is 12.4 Å². The van der Waals surface area contributed by atoms with E-state index in [1.54, 1.807) is 31.4 Å². The number of carbonyl (C=O) groups is 2. The second-order valence-electron chi connectivity index (χ2n) is 9.09. The number of benzene rings is 3. The summed E-state index contributed by atoms with van der Waals surface area (Å²) in [7, 11) is 1.59. The summed E-state index contributed by atoms with van der Waals surface area (Å²) < 4.78 is 5.36. The molecule has 1 amide bonds. The first kappa shape index (κ1) is 24.9. The van der Waals surface area contributed by atoms with Crippen molar-refractivity contribution in [3.05, 3.63) is 104 Å². The van der Waals surface area contributed by atoms with Crippen LogP contribution in [0.25, 0.3) is 5.70 Å². The van der Waals surface area contributed by atoms with Crippen molar-refractivity contribution in [3.8, 4) is 5.75 Å². The minimum atomic E-state index is -0.622. The number of ether oxygens (including phenoxy) is 1. The van der Waals surface area contributed by atoms with Crippen molar-refractivity contribution in [2.24, 2.45) is 0 Å². The molecule has 1 aliphatic rings. The number of ketones is 1. The summed E-state index contributed by atoms with van der Waals surface area (Å²) in [5.74, 6) is -0.185. The third-order valence-corrected chi connectivity index (χ3v) is 6.13. The Bertz CT molecular complexity index is 1410. The molecule has 9 heteroatoms. The Balaban J connectivity index is 1.61. The largest absolute Gasteiger partial charge is 0.497 e. The number of nitrogens with zero attached hydrogens (tertiary/aromatic N) is 1. The molecule has 0 radical (unpaired) electrons. The van der Waals surface area contributed by atoms with Gasteiger partial charge in [0.25, 0.3) is 11.6 Å². The molecule has 0 fully saturated rings. The summed E-state index contributed by atoms with van der Waals surface area (Å²) in [5.41, 5.74) is 2.86. The van der Waals surface area contributed by atoms with Gasteiger partial charge in [-0.1, -0.05) is 29.8 Å². The highest BCUT2D eigenvalue weighted by atomic mass is 35.5. The van der Waals surface area contributed by atoms with Gasteiger partial charge in [0.2, 0.25) is 0 Å². The fourth-order valence-corrected chi connectivity index (χ4v) is 4.32. The van der Waals surface area contributed by atoms with Crippen molar-refractivity contribution in [1.82, 2.24) is 5.32 Å². The monoisotopic (exact) mass is 505 g/mol. The van der Waals surface area contributed by atoms with Crippen LogP contribution < -0.4 is 15.4 Å². The molecule has 0 aromatic heterocycles. The van der Waals surface area contributed by atoms with Crippen LogP contribution in [0, 0.1) is 10.1 Å². The molecule has 3 aromatic carbocycles. The number of nitro groups is 1. The fourth-order valence-electron chi connectivity index (χ4n) is 4.12. The van der Waals surface area contributed by atoms with Gasteiger partial charge < -0.3 is 15.4 Å². The molecule has 36 heavy (non-hydrogen) atoms. The predicted molar refractivity (Wildman–Crippen MR) is 139 cm³/mol. The second-order valence-corrected chi connectivity index (χ2v) is 9.49. The van der Waals surface area contributed by atoms with Gasteiger partial charge in [-0.15, -0.1) is 0 Å². The SMILES string of the molecule is COc1ccc2c(c1)/C(=C/C(=O)c1cccc(NC(=O)c3cc([N+](=O)[O-])ccc3Cl)c1)NC(C)(C)C2. The summed E-state index contributed by atoms with van der Waals surface area (Å²) in [4.78, 5) is 36.4. The average Bonchev–Trinajstić information content (AvgIpc) is 2.83. The molecule has 0 spiro atoms. The summed E-state index contributed by atoms with van der Waals surface area (Å²) in [5, 5.41) is 17.2. The molecule has 2 N–H and O–H groups in total. The molecule has 3 aromatic rings. The number of hydrogen-bond donors (Lipinski definition) is 2. The molecule has 184 valence electrons. The highest BCUT2D eigenvalue weighted by molar-refractivity contribution is 6.34. The van der Waals surface area contributed by atoms with Gasteiger partial charge in [0.05, 0.1) is 22.6 Å². The molecule has 1 heterocycles. The number of methoxy groups -OCH3 is 1. The molecule has 0 atom stereocenters. The number of nitrogens with one attached hydrogen (secondary N) is 2. The molecule has 0 saturated heterocycles. The lowest BCUT2D eigenvalue weighted by Crippen LogP contribution is -2.43. The van der Waals surface area contributed by atoms with Crippen LogP contribution in [0.5, 0.6) is 5.75 Å². The van der Waals surface area contributed by atoms with Crippen LogP contribution in [0.3, 0.4) is 0 Å². The lowest BCUT2D eigenvalue weighted by Gasteiger charge is -2.35. The van der Waals surface area contributed by atoms with Gasteiger partial charge in [-0.3, -0.25) is 19.7 Å². The van der Waals surface area contributed by atoms with E-state index in [0.717, 1.165) is 23.6 Å². The van der Waals surface area contributed by atoms with Crippen LogP contribution in [-0.2, 0) is 6.42 Å². The predicted octanol–water partition coefficient (Wildman–Crippen LogP) is 5.66. The van der Waals surface area contributed by atoms with E-state index >= 15 is 0 Å².